The summed E-state index contributed by atoms with van der Waals surface area (Å²) in [5.74, 6) is -5.09. The summed E-state index contributed by atoms with van der Waals surface area (Å²) in [6.45, 7) is 1.90. The molecule has 178 valence electrons. The standard InChI is InChI=1S/C22H25F4N5O2/c1-20(24)5-3-12(30-18(32)15-11-28-13(9-23)10-29-15)7-16(20)21(2)17-8-14(33-19(27)31-21)4-6-22(17,25)26/h3,7,10-11,14,17H,4-6,8-9H2,1-2H3,(H2,27,31)(H,30,32)/t14-,17-,20?,21-/m1/s1. The number of rotatable bonds is 4. The van der Waals surface area contributed by atoms with E-state index in [0.29, 0.717) is 0 Å². The summed E-state index contributed by atoms with van der Waals surface area (Å²) < 4.78 is 63.9. The third kappa shape index (κ3) is 4.32. The van der Waals surface area contributed by atoms with E-state index >= 15 is 13.2 Å². The lowest BCUT2D eigenvalue weighted by molar-refractivity contribution is -0.123. The summed E-state index contributed by atoms with van der Waals surface area (Å²) >= 11 is 0. The van der Waals surface area contributed by atoms with Gasteiger partial charge in [-0.3, -0.25) is 9.78 Å². The first-order chi connectivity index (χ1) is 15.4. The van der Waals surface area contributed by atoms with Crippen LogP contribution in [0.3, 0.4) is 0 Å². The lowest BCUT2D eigenvalue weighted by Gasteiger charge is -2.46. The van der Waals surface area contributed by atoms with Crippen LogP contribution in [0.2, 0.25) is 0 Å². The number of aliphatic imine (C=N–C) groups is 1. The number of hydrogen-bond donors (Lipinski definition) is 2. The zero-order valence-corrected chi connectivity index (χ0v) is 18.2. The topological polar surface area (TPSA) is 102 Å². The predicted octanol–water partition coefficient (Wildman–Crippen LogP) is 3.53. The van der Waals surface area contributed by atoms with E-state index in [1.165, 1.54) is 26.0 Å². The zero-order valence-electron chi connectivity index (χ0n) is 18.2. The number of halogens is 4. The molecule has 4 atom stereocenters. The van der Waals surface area contributed by atoms with Gasteiger partial charge in [0.15, 0.2) is 0 Å². The molecule has 2 bridgehead atoms. The molecule has 1 fully saturated rings. The van der Waals surface area contributed by atoms with Crippen molar-refractivity contribution in [2.75, 3.05) is 0 Å². The van der Waals surface area contributed by atoms with Crippen LogP contribution in [0.1, 0.15) is 55.7 Å². The fourth-order valence-electron chi connectivity index (χ4n) is 4.85. The van der Waals surface area contributed by atoms with E-state index in [1.807, 2.05) is 0 Å². The Bertz CT molecular complexity index is 1040. The smallest absolute Gasteiger partial charge is 0.283 e. The largest absolute Gasteiger partial charge is 0.462 e. The Morgan fingerprint density at radius 3 is 2.70 bits per heavy atom. The summed E-state index contributed by atoms with van der Waals surface area (Å²) in [7, 11) is 0. The van der Waals surface area contributed by atoms with E-state index in [0.717, 1.165) is 12.4 Å². The van der Waals surface area contributed by atoms with Gasteiger partial charge < -0.3 is 15.8 Å². The van der Waals surface area contributed by atoms with Crippen molar-refractivity contribution in [2.24, 2.45) is 16.6 Å². The highest BCUT2D eigenvalue weighted by Crippen LogP contribution is 2.53. The molecule has 0 radical (unpaired) electrons. The number of ether oxygens (including phenoxy) is 1. The van der Waals surface area contributed by atoms with E-state index in [-0.39, 0.29) is 47.9 Å². The van der Waals surface area contributed by atoms with Crippen molar-refractivity contribution < 1.29 is 27.1 Å². The van der Waals surface area contributed by atoms with E-state index in [9.17, 15) is 9.18 Å². The summed E-state index contributed by atoms with van der Waals surface area (Å²) in [6, 6.07) is -0.261. The minimum Gasteiger partial charge on any atom is -0.462 e. The van der Waals surface area contributed by atoms with Gasteiger partial charge in [-0.2, -0.15) is 0 Å². The minimum absolute atomic E-state index is 0.0227. The molecule has 0 saturated heterocycles. The number of fused-ring (bicyclic) bond motifs is 2. The quantitative estimate of drug-likeness (QED) is 0.660. The predicted molar refractivity (Wildman–Crippen MR) is 112 cm³/mol. The average molecular weight is 467 g/mol. The van der Waals surface area contributed by atoms with Crippen molar-refractivity contribution >= 4 is 11.9 Å². The number of amidine groups is 1. The summed E-state index contributed by atoms with van der Waals surface area (Å²) in [6.07, 6.45) is 4.04. The van der Waals surface area contributed by atoms with Crippen LogP contribution >= 0.6 is 0 Å². The van der Waals surface area contributed by atoms with Crippen LogP contribution in [0.15, 0.2) is 40.8 Å². The zero-order chi connectivity index (χ0) is 24.0. The third-order valence-corrected chi connectivity index (χ3v) is 6.56. The van der Waals surface area contributed by atoms with Crippen LogP contribution in [0.5, 0.6) is 0 Å². The lowest BCUT2D eigenvalue weighted by Crippen LogP contribution is -2.53. The summed E-state index contributed by atoms with van der Waals surface area (Å²) in [5, 5.41) is 2.58. The van der Waals surface area contributed by atoms with Gasteiger partial charge >= 0.3 is 0 Å². The first kappa shape index (κ1) is 23.2. The van der Waals surface area contributed by atoms with Gasteiger partial charge in [0.25, 0.3) is 17.9 Å². The van der Waals surface area contributed by atoms with Crippen molar-refractivity contribution in [3.8, 4) is 0 Å². The van der Waals surface area contributed by atoms with Gasteiger partial charge in [-0.05, 0) is 38.3 Å². The van der Waals surface area contributed by atoms with Gasteiger partial charge in [0.05, 0.1) is 29.5 Å². The first-order valence-electron chi connectivity index (χ1n) is 10.6. The molecule has 1 saturated carbocycles. The highest BCUT2D eigenvalue weighted by atomic mass is 19.3. The maximum absolute atomic E-state index is 15.7. The van der Waals surface area contributed by atoms with E-state index in [4.69, 9.17) is 10.5 Å². The molecule has 1 aromatic heterocycles. The molecular weight excluding hydrogens is 442 g/mol. The number of alkyl halides is 4. The molecule has 4 rings (SSSR count). The van der Waals surface area contributed by atoms with E-state index in [1.54, 1.807) is 0 Å². The molecule has 1 aliphatic heterocycles. The second-order valence-corrected chi connectivity index (χ2v) is 9.03. The molecule has 1 unspecified atom stereocenters. The number of carbonyl (C=O) groups excluding carboxylic acids is 1. The van der Waals surface area contributed by atoms with Crippen molar-refractivity contribution in [3.63, 3.8) is 0 Å². The fraction of sp³-hybridized carbons (Fsp3) is 0.545. The Morgan fingerprint density at radius 2 is 2.03 bits per heavy atom. The van der Waals surface area contributed by atoms with Gasteiger partial charge in [-0.15, -0.1) is 0 Å². The monoisotopic (exact) mass is 467 g/mol. The number of nitrogens with zero attached hydrogens (tertiary/aromatic N) is 3. The molecule has 0 spiro atoms. The lowest BCUT2D eigenvalue weighted by atomic mass is 9.65. The molecule has 2 aliphatic carbocycles. The Hall–Kier alpha value is -2.98. The number of allylic oxidation sites excluding steroid dienone is 2. The Labute approximate surface area is 188 Å². The molecule has 2 heterocycles. The van der Waals surface area contributed by atoms with Crippen LogP contribution in [0.25, 0.3) is 0 Å². The van der Waals surface area contributed by atoms with Crippen molar-refractivity contribution in [1.82, 2.24) is 15.3 Å². The first-order valence-corrected chi connectivity index (χ1v) is 10.6. The fourth-order valence-corrected chi connectivity index (χ4v) is 4.85. The molecule has 7 nitrogen and oxygen atoms in total. The number of nitrogens with two attached hydrogens (primary N) is 1. The van der Waals surface area contributed by atoms with Crippen molar-refractivity contribution in [1.29, 1.82) is 0 Å². The van der Waals surface area contributed by atoms with Gasteiger partial charge in [0.2, 0.25) is 0 Å². The molecule has 33 heavy (non-hydrogen) atoms. The SMILES string of the molecule is CC1(F)CC=C(NC(=O)c2cnc(CF)cn2)C=C1[C@@]1(C)N=C(N)O[C@@H]2CCC(F)(F)[C@@H]1C2. The Balaban J connectivity index is 1.69. The van der Waals surface area contributed by atoms with E-state index in [2.05, 4.69) is 20.3 Å². The van der Waals surface area contributed by atoms with Crippen LogP contribution < -0.4 is 11.1 Å². The molecular formula is C22H25F4N5O2. The number of amides is 1. The van der Waals surface area contributed by atoms with Crippen molar-refractivity contribution in [3.05, 3.63) is 47.2 Å². The Kier molecular flexibility index (Phi) is 5.69. The molecule has 11 heteroatoms. The van der Waals surface area contributed by atoms with E-state index < -0.39 is 48.2 Å². The maximum Gasteiger partial charge on any atom is 0.283 e. The molecule has 1 amide bonds. The molecule has 1 aromatic rings. The van der Waals surface area contributed by atoms with Crippen LogP contribution in [-0.2, 0) is 11.4 Å². The maximum atomic E-state index is 15.7. The summed E-state index contributed by atoms with van der Waals surface area (Å²) in [4.78, 5) is 24.4. The summed E-state index contributed by atoms with van der Waals surface area (Å²) in [5.41, 5.74) is 2.35. The van der Waals surface area contributed by atoms with Crippen LogP contribution in [0.4, 0.5) is 17.6 Å². The van der Waals surface area contributed by atoms with Gasteiger partial charge in [-0.25, -0.2) is 27.5 Å². The Morgan fingerprint density at radius 1 is 1.27 bits per heavy atom. The minimum atomic E-state index is -3.10. The van der Waals surface area contributed by atoms with Gasteiger partial charge in [0, 0.05) is 18.5 Å². The average Bonchev–Trinajstić information content (AvgIpc) is 2.87. The van der Waals surface area contributed by atoms with Gasteiger partial charge in [-0.1, -0.05) is 6.08 Å². The molecule has 3 aliphatic rings. The van der Waals surface area contributed by atoms with Crippen molar-refractivity contribution in [2.45, 2.75) is 69.4 Å². The second kappa shape index (κ2) is 8.11. The number of nitrogens with one attached hydrogen (secondary N) is 1. The number of carbonyl (C=O) groups is 1. The highest BCUT2D eigenvalue weighted by Gasteiger charge is 2.59. The number of aromatic nitrogens is 2. The third-order valence-electron chi connectivity index (χ3n) is 6.56. The number of hydrogen-bond acceptors (Lipinski definition) is 6. The highest BCUT2D eigenvalue weighted by molar-refractivity contribution is 5.93. The molecule has 0 aromatic carbocycles. The van der Waals surface area contributed by atoms with Crippen LogP contribution in [0, 0.1) is 5.92 Å². The van der Waals surface area contributed by atoms with Crippen LogP contribution in [-0.4, -0.2) is 45.1 Å². The normalized spacial score (nSPS) is 33.1. The second-order valence-electron chi connectivity index (χ2n) is 9.03. The molecule has 3 N–H and O–H groups in total. The van der Waals surface area contributed by atoms with Gasteiger partial charge in [0.1, 0.15) is 24.1 Å².